The normalized spacial score (nSPS) is 25.0. The van der Waals surface area contributed by atoms with Crippen molar-refractivity contribution in [1.82, 2.24) is 19.5 Å². The summed E-state index contributed by atoms with van der Waals surface area (Å²) in [5, 5.41) is 0. The summed E-state index contributed by atoms with van der Waals surface area (Å²) in [6.07, 6.45) is 0.865. The minimum atomic E-state index is -3.93. The summed E-state index contributed by atoms with van der Waals surface area (Å²) < 4.78 is 27.2. The minimum absolute atomic E-state index is 0. The molecule has 1 fully saturated rings. The maximum Gasteiger partial charge on any atom is 0.472 e. The van der Waals surface area contributed by atoms with Crippen LogP contribution in [0.25, 0.3) is 11.2 Å². The fourth-order valence-corrected chi connectivity index (χ4v) is 2.57. The number of phosphoric ester groups is 1. The van der Waals surface area contributed by atoms with E-state index in [4.69, 9.17) is 15.4 Å². The van der Waals surface area contributed by atoms with Crippen LogP contribution < -0.4 is 11.3 Å². The smallest absolute Gasteiger partial charge is 0.369 e. The van der Waals surface area contributed by atoms with Crippen molar-refractivity contribution in [2.75, 3.05) is 18.9 Å². The summed E-state index contributed by atoms with van der Waals surface area (Å²) in [4.78, 5) is 30.9. The van der Waals surface area contributed by atoms with Gasteiger partial charge < -0.3 is 15.4 Å². The molecule has 3 heterocycles. The Balaban J connectivity index is 0.00000176. The van der Waals surface area contributed by atoms with Gasteiger partial charge in [-0.25, -0.2) is 9.55 Å². The zero-order valence-corrected chi connectivity index (χ0v) is 14.5. The van der Waals surface area contributed by atoms with Crippen LogP contribution in [0.15, 0.2) is 11.1 Å². The van der Waals surface area contributed by atoms with E-state index in [9.17, 15) is 9.36 Å². The largest absolute Gasteiger partial charge is 0.472 e. The Bertz CT molecular complexity index is 765. The molecule has 1 saturated heterocycles. The van der Waals surface area contributed by atoms with E-state index in [-0.39, 0.29) is 66.6 Å². The Labute approximate surface area is 145 Å². The number of fused-ring (bicyclic) bond motifs is 1. The van der Waals surface area contributed by atoms with Crippen LogP contribution in [-0.2, 0) is 25.1 Å². The number of hydrogen-bond donors (Lipinski definition) is 3. The maximum absolute atomic E-state index is 11.6. The van der Waals surface area contributed by atoms with Crippen molar-refractivity contribution >= 4 is 54.5 Å². The molecule has 0 spiro atoms. The Hall–Kier alpha value is -0.780. The molecule has 0 atom stereocenters. The fraction of sp³-hybridized carbons (Fsp3) is 0.444. The molecule has 0 bridgehead atoms. The van der Waals surface area contributed by atoms with Gasteiger partial charge in [0.05, 0.1) is 19.5 Å². The number of aromatic amines is 1. The zero-order valence-electron chi connectivity index (χ0n) is 11.6. The third-order valence-corrected chi connectivity index (χ3v) is 3.74. The van der Waals surface area contributed by atoms with Gasteiger partial charge in [0.2, 0.25) is 5.95 Å². The number of anilines is 1. The topological polar surface area (TPSA) is 155 Å². The van der Waals surface area contributed by atoms with Gasteiger partial charge in [0.25, 0.3) is 5.56 Å². The Morgan fingerprint density at radius 3 is 2.91 bits per heavy atom. The number of nitrogens with zero attached hydrogens (tertiary/aromatic N) is 3. The van der Waals surface area contributed by atoms with Crippen molar-refractivity contribution in [3.63, 3.8) is 0 Å². The van der Waals surface area contributed by atoms with Crippen LogP contribution >= 0.6 is 7.82 Å². The minimum Gasteiger partial charge on any atom is -0.369 e. The predicted octanol–water partition coefficient (Wildman–Crippen LogP) is -1.19. The molecule has 13 heteroatoms. The molecule has 1 radical (unpaired) electrons. The van der Waals surface area contributed by atoms with Crippen LogP contribution in [0.4, 0.5) is 5.95 Å². The van der Waals surface area contributed by atoms with Crippen molar-refractivity contribution in [2.24, 2.45) is 0 Å². The quantitative estimate of drug-likeness (QED) is 0.462. The molecule has 11 nitrogen and oxygen atoms in total. The van der Waals surface area contributed by atoms with Gasteiger partial charge in [-0.15, -0.1) is 0 Å². The summed E-state index contributed by atoms with van der Waals surface area (Å²) in [5.74, 6) is -0.0280. The molecule has 2 aromatic heterocycles. The second-order valence-corrected chi connectivity index (χ2v) is 5.77. The maximum atomic E-state index is 11.6. The number of nitrogens with two attached hydrogens (primary N) is 1. The van der Waals surface area contributed by atoms with Gasteiger partial charge in [0.15, 0.2) is 11.2 Å². The molecule has 4 N–H and O–H groups in total. The average molecular weight is 340 g/mol. The van der Waals surface area contributed by atoms with Crippen LogP contribution in [0.2, 0.25) is 0 Å². The first-order valence-corrected chi connectivity index (χ1v) is 7.38. The molecule has 1 aliphatic heterocycles. The second-order valence-electron chi connectivity index (χ2n) is 4.32. The first-order chi connectivity index (χ1) is 9.94. The molecule has 0 amide bonds. The molecule has 0 aliphatic carbocycles. The van der Waals surface area contributed by atoms with E-state index >= 15 is 0 Å². The second kappa shape index (κ2) is 6.77. The van der Waals surface area contributed by atoms with Crippen molar-refractivity contribution in [1.29, 1.82) is 0 Å². The number of rotatable bonds is 3. The first-order valence-electron chi connectivity index (χ1n) is 5.89. The molecule has 0 saturated carbocycles. The number of hydrogen-bond acceptors (Lipinski definition) is 8. The molecule has 1 aliphatic rings. The average Bonchev–Trinajstić information content (AvgIpc) is 2.81. The number of H-pyrrole nitrogens is 1. The zero-order chi connectivity index (χ0) is 15.0. The third-order valence-electron chi connectivity index (χ3n) is 2.79. The summed E-state index contributed by atoms with van der Waals surface area (Å²) in [6, 6.07) is 0. The van der Waals surface area contributed by atoms with Crippen LogP contribution in [-0.4, -0.2) is 73.3 Å². The van der Waals surface area contributed by atoms with E-state index in [0.717, 1.165) is 0 Å². The number of phosphoric acid groups is 1. The van der Waals surface area contributed by atoms with Gasteiger partial charge >= 0.3 is 7.82 Å². The van der Waals surface area contributed by atoms with E-state index < -0.39 is 19.5 Å². The Morgan fingerprint density at radius 1 is 1.55 bits per heavy atom. The van der Waals surface area contributed by atoms with Gasteiger partial charge in [-0.1, -0.05) is 0 Å². The van der Waals surface area contributed by atoms with Crippen molar-refractivity contribution in [3.8, 4) is 0 Å². The van der Waals surface area contributed by atoms with E-state index in [2.05, 4.69) is 24.0 Å². The summed E-state index contributed by atoms with van der Waals surface area (Å²) >= 11 is 0. The van der Waals surface area contributed by atoms with Crippen LogP contribution in [0.3, 0.4) is 0 Å². The summed E-state index contributed by atoms with van der Waals surface area (Å²) in [5.41, 5.74) is 5.45. The Morgan fingerprint density at radius 2 is 2.23 bits per heavy atom. The van der Waals surface area contributed by atoms with Gasteiger partial charge in [-0.2, -0.15) is 4.98 Å². The summed E-state index contributed by atoms with van der Waals surface area (Å²) in [6.45, 7) is -0.132. The number of aromatic nitrogens is 4. The van der Waals surface area contributed by atoms with Crippen LogP contribution in [0, 0.1) is 0 Å². The molecule has 2 aromatic rings. The standard InChI is InChI=1S/C9H12N5O6P.Na/c10-9-12-7-6(8(15)13-9)11-3-14(7)4-18-5-1-19-21(16,17)20-2-5;/h3,5H,1-2,4H2,(H,16,17)(H3,10,12,13,15);. The predicted molar refractivity (Wildman–Crippen MR) is 74.9 cm³/mol. The third kappa shape index (κ3) is 3.76. The fourth-order valence-electron chi connectivity index (χ4n) is 1.79. The first kappa shape index (κ1) is 17.6. The monoisotopic (exact) mass is 340 g/mol. The number of nitrogens with one attached hydrogen (secondary N) is 1. The van der Waals surface area contributed by atoms with E-state index in [1.165, 1.54) is 10.9 Å². The molecule has 0 aromatic carbocycles. The molecule has 3 rings (SSSR count). The number of nitrogen functional groups attached to an aromatic ring is 1. The van der Waals surface area contributed by atoms with Gasteiger partial charge in [0, 0.05) is 29.6 Å². The van der Waals surface area contributed by atoms with Crippen LogP contribution in [0.5, 0.6) is 0 Å². The van der Waals surface area contributed by atoms with Crippen molar-refractivity contribution < 1.29 is 23.2 Å². The molecule has 22 heavy (non-hydrogen) atoms. The van der Waals surface area contributed by atoms with E-state index in [1.807, 2.05) is 0 Å². The molecular weight excluding hydrogens is 328 g/mol. The number of ether oxygens (including phenoxy) is 1. The Kier molecular flexibility index (Phi) is 5.41. The summed E-state index contributed by atoms with van der Waals surface area (Å²) in [7, 11) is -3.93. The van der Waals surface area contributed by atoms with Crippen molar-refractivity contribution in [3.05, 3.63) is 16.7 Å². The van der Waals surface area contributed by atoms with E-state index in [1.54, 1.807) is 0 Å². The van der Waals surface area contributed by atoms with E-state index in [0.29, 0.717) is 0 Å². The molecule has 115 valence electrons. The molecular formula is C9H12N5NaO6P. The van der Waals surface area contributed by atoms with Gasteiger partial charge in [-0.05, 0) is 0 Å². The van der Waals surface area contributed by atoms with Gasteiger partial charge in [-0.3, -0.25) is 23.4 Å². The van der Waals surface area contributed by atoms with Crippen molar-refractivity contribution in [2.45, 2.75) is 12.8 Å². The molecule has 0 unspecified atom stereocenters. The number of imidazole rings is 1. The van der Waals surface area contributed by atoms with Gasteiger partial charge in [0.1, 0.15) is 12.8 Å². The van der Waals surface area contributed by atoms with Crippen LogP contribution in [0.1, 0.15) is 0 Å². The SMILES string of the molecule is Nc1nc2c(ncn2COC2COP(=O)(O)OC2)c(=O)[nH]1.[Na].